The van der Waals surface area contributed by atoms with Crippen molar-refractivity contribution in [2.24, 2.45) is 5.92 Å². The summed E-state index contributed by atoms with van der Waals surface area (Å²) in [5.41, 5.74) is 0. The first-order chi connectivity index (χ1) is 8.35. The Kier molecular flexibility index (Phi) is 5.30. The average molecular weight is 238 g/mol. The van der Waals surface area contributed by atoms with Crippen molar-refractivity contribution in [2.75, 3.05) is 20.1 Å². The second-order valence-electron chi connectivity index (χ2n) is 6.02. The van der Waals surface area contributed by atoms with E-state index >= 15 is 0 Å². The highest BCUT2D eigenvalue weighted by Crippen LogP contribution is 2.31. The van der Waals surface area contributed by atoms with E-state index in [4.69, 9.17) is 0 Å². The minimum Gasteiger partial charge on any atom is -0.317 e. The van der Waals surface area contributed by atoms with Crippen LogP contribution in [-0.4, -0.2) is 37.1 Å². The molecule has 2 aliphatic carbocycles. The van der Waals surface area contributed by atoms with E-state index in [0.717, 1.165) is 18.0 Å². The largest absolute Gasteiger partial charge is 0.317 e. The van der Waals surface area contributed by atoms with Crippen LogP contribution in [0.25, 0.3) is 0 Å². The molecule has 0 amide bonds. The van der Waals surface area contributed by atoms with E-state index in [9.17, 15) is 0 Å². The normalized spacial score (nSPS) is 29.8. The van der Waals surface area contributed by atoms with Crippen molar-refractivity contribution in [3.8, 4) is 0 Å². The van der Waals surface area contributed by atoms with Crippen LogP contribution in [-0.2, 0) is 0 Å². The molecule has 0 aliphatic heterocycles. The number of hydrogen-bond acceptors (Lipinski definition) is 2. The molecule has 0 aromatic rings. The molecular formula is C15H30N2. The third-order valence-electron chi connectivity index (χ3n) is 4.61. The Balaban J connectivity index is 1.82. The molecule has 2 fully saturated rings. The topological polar surface area (TPSA) is 15.3 Å². The number of unbranched alkanes of at least 4 members (excludes halogenated alkanes) is 1. The minimum atomic E-state index is 0.784. The summed E-state index contributed by atoms with van der Waals surface area (Å²) < 4.78 is 0. The highest BCUT2D eigenvalue weighted by atomic mass is 15.2. The van der Waals surface area contributed by atoms with E-state index in [0.29, 0.717) is 0 Å². The number of rotatable bonds is 7. The van der Waals surface area contributed by atoms with Crippen LogP contribution in [0.5, 0.6) is 0 Å². The Hall–Kier alpha value is -0.0800. The molecule has 2 unspecified atom stereocenters. The van der Waals surface area contributed by atoms with Gasteiger partial charge < -0.3 is 10.2 Å². The van der Waals surface area contributed by atoms with Gasteiger partial charge in [-0.3, -0.25) is 0 Å². The van der Waals surface area contributed by atoms with Gasteiger partial charge in [0, 0.05) is 18.6 Å². The van der Waals surface area contributed by atoms with E-state index in [1.165, 1.54) is 64.5 Å². The lowest BCUT2D eigenvalue weighted by atomic mass is 9.84. The quantitative estimate of drug-likeness (QED) is 0.733. The predicted octanol–water partition coefficient (Wildman–Crippen LogP) is 3.03. The molecule has 17 heavy (non-hydrogen) atoms. The highest BCUT2D eigenvalue weighted by Gasteiger charge is 2.32. The molecule has 0 aromatic heterocycles. The fraction of sp³-hybridized carbons (Fsp3) is 1.00. The fourth-order valence-corrected chi connectivity index (χ4v) is 3.33. The zero-order valence-corrected chi connectivity index (χ0v) is 11.8. The number of nitrogens with one attached hydrogen (secondary N) is 1. The molecule has 2 heteroatoms. The third kappa shape index (κ3) is 3.96. The van der Waals surface area contributed by atoms with E-state index in [2.05, 4.69) is 24.2 Å². The number of nitrogens with zero attached hydrogens (tertiary/aromatic N) is 1. The van der Waals surface area contributed by atoms with Crippen LogP contribution >= 0.6 is 0 Å². The van der Waals surface area contributed by atoms with Crippen molar-refractivity contribution in [2.45, 2.75) is 70.4 Å². The van der Waals surface area contributed by atoms with Gasteiger partial charge in [0.15, 0.2) is 0 Å². The van der Waals surface area contributed by atoms with Crippen molar-refractivity contribution in [3.63, 3.8) is 0 Å². The monoisotopic (exact) mass is 238 g/mol. The summed E-state index contributed by atoms with van der Waals surface area (Å²) in [5.74, 6) is 0.909. The SMILES string of the molecule is CCCCN(CC1CCCCC1NC)C1CC1. The summed E-state index contributed by atoms with van der Waals surface area (Å²) in [4.78, 5) is 2.80. The van der Waals surface area contributed by atoms with Crippen LogP contribution in [0.4, 0.5) is 0 Å². The molecule has 1 N–H and O–H groups in total. The van der Waals surface area contributed by atoms with Crippen molar-refractivity contribution in [3.05, 3.63) is 0 Å². The molecule has 2 saturated carbocycles. The molecule has 0 aromatic carbocycles. The summed E-state index contributed by atoms with van der Waals surface area (Å²) in [6.45, 7) is 5.01. The first-order valence-corrected chi connectivity index (χ1v) is 7.76. The first-order valence-electron chi connectivity index (χ1n) is 7.76. The molecule has 2 nitrogen and oxygen atoms in total. The summed E-state index contributed by atoms with van der Waals surface area (Å²) in [5, 5.41) is 3.55. The van der Waals surface area contributed by atoms with Crippen LogP contribution in [0, 0.1) is 5.92 Å². The van der Waals surface area contributed by atoms with Crippen LogP contribution in [0.3, 0.4) is 0 Å². The lowest BCUT2D eigenvalue weighted by Gasteiger charge is -2.35. The van der Waals surface area contributed by atoms with Crippen molar-refractivity contribution in [1.29, 1.82) is 0 Å². The maximum absolute atomic E-state index is 3.55. The maximum atomic E-state index is 3.55. The fourth-order valence-electron chi connectivity index (χ4n) is 3.33. The van der Waals surface area contributed by atoms with Crippen molar-refractivity contribution >= 4 is 0 Å². The van der Waals surface area contributed by atoms with E-state index in [-0.39, 0.29) is 0 Å². The predicted molar refractivity (Wildman–Crippen MR) is 74.3 cm³/mol. The van der Waals surface area contributed by atoms with Gasteiger partial charge in [-0.15, -0.1) is 0 Å². The molecule has 2 rings (SSSR count). The Labute approximate surface area is 107 Å². The Bertz CT molecular complexity index is 213. The van der Waals surface area contributed by atoms with Crippen molar-refractivity contribution in [1.82, 2.24) is 10.2 Å². The standard InChI is InChI=1S/C15H30N2/c1-3-4-11-17(14-9-10-14)12-13-7-5-6-8-15(13)16-2/h13-16H,3-12H2,1-2H3. The van der Waals surface area contributed by atoms with Gasteiger partial charge >= 0.3 is 0 Å². The van der Waals surface area contributed by atoms with Gasteiger partial charge in [-0.05, 0) is 51.6 Å². The molecule has 100 valence electrons. The first kappa shape index (κ1) is 13.4. The van der Waals surface area contributed by atoms with Crippen LogP contribution in [0.1, 0.15) is 58.3 Å². The Morgan fingerprint density at radius 3 is 2.53 bits per heavy atom. The smallest absolute Gasteiger partial charge is 0.0104 e. The summed E-state index contributed by atoms with van der Waals surface area (Å²) >= 11 is 0. The zero-order valence-electron chi connectivity index (χ0n) is 11.8. The van der Waals surface area contributed by atoms with Crippen LogP contribution < -0.4 is 5.32 Å². The van der Waals surface area contributed by atoms with E-state index in [1.807, 2.05) is 0 Å². The lowest BCUT2D eigenvalue weighted by molar-refractivity contribution is 0.163. The summed E-state index contributed by atoms with van der Waals surface area (Å²) in [7, 11) is 2.15. The van der Waals surface area contributed by atoms with Gasteiger partial charge in [-0.2, -0.15) is 0 Å². The molecule has 0 heterocycles. The van der Waals surface area contributed by atoms with E-state index < -0.39 is 0 Å². The Morgan fingerprint density at radius 1 is 1.12 bits per heavy atom. The minimum absolute atomic E-state index is 0.784. The molecule has 0 spiro atoms. The number of hydrogen-bond donors (Lipinski definition) is 1. The van der Waals surface area contributed by atoms with Gasteiger partial charge in [-0.25, -0.2) is 0 Å². The molecule has 2 atom stereocenters. The maximum Gasteiger partial charge on any atom is 0.0104 e. The second-order valence-corrected chi connectivity index (χ2v) is 6.02. The van der Waals surface area contributed by atoms with Crippen molar-refractivity contribution < 1.29 is 0 Å². The highest BCUT2D eigenvalue weighted by molar-refractivity contribution is 4.89. The van der Waals surface area contributed by atoms with Gasteiger partial charge in [0.05, 0.1) is 0 Å². The van der Waals surface area contributed by atoms with Crippen LogP contribution in [0.15, 0.2) is 0 Å². The van der Waals surface area contributed by atoms with Gasteiger partial charge in [-0.1, -0.05) is 26.2 Å². The summed E-state index contributed by atoms with van der Waals surface area (Å²) in [6.07, 6.45) is 11.4. The molecule has 0 bridgehead atoms. The Morgan fingerprint density at radius 2 is 1.88 bits per heavy atom. The molecular weight excluding hydrogens is 208 g/mol. The van der Waals surface area contributed by atoms with E-state index in [1.54, 1.807) is 0 Å². The zero-order chi connectivity index (χ0) is 12.1. The molecule has 2 aliphatic rings. The lowest BCUT2D eigenvalue weighted by Crippen LogP contribution is -2.43. The van der Waals surface area contributed by atoms with Gasteiger partial charge in [0.1, 0.15) is 0 Å². The average Bonchev–Trinajstić information content (AvgIpc) is 3.19. The third-order valence-corrected chi connectivity index (χ3v) is 4.61. The van der Waals surface area contributed by atoms with Gasteiger partial charge in [0.25, 0.3) is 0 Å². The molecule has 0 saturated heterocycles. The molecule has 0 radical (unpaired) electrons. The van der Waals surface area contributed by atoms with Gasteiger partial charge in [0.2, 0.25) is 0 Å². The van der Waals surface area contributed by atoms with Crippen LogP contribution in [0.2, 0.25) is 0 Å². The second kappa shape index (κ2) is 6.75. The summed E-state index contributed by atoms with van der Waals surface area (Å²) in [6, 6.07) is 1.73.